The minimum absolute atomic E-state index is 0.0180. The van der Waals surface area contributed by atoms with Crippen LogP contribution in [0.15, 0.2) is 60.0 Å². The summed E-state index contributed by atoms with van der Waals surface area (Å²) in [6, 6.07) is 14.9. The smallest absolute Gasteiger partial charge is 0.254 e. The van der Waals surface area contributed by atoms with Gasteiger partial charge in [-0.1, -0.05) is 41.6 Å². The van der Waals surface area contributed by atoms with Crippen LogP contribution in [0.5, 0.6) is 0 Å². The molecular formula is C20H21N5O2S. The Bertz CT molecular complexity index is 924. The molecule has 8 heteroatoms. The highest BCUT2D eigenvalue weighted by molar-refractivity contribution is 7.98. The van der Waals surface area contributed by atoms with Crippen molar-refractivity contribution in [1.29, 1.82) is 0 Å². The van der Waals surface area contributed by atoms with Crippen LogP contribution in [0.1, 0.15) is 21.5 Å². The molecule has 0 spiro atoms. The molecule has 3 rings (SSSR count). The van der Waals surface area contributed by atoms with E-state index >= 15 is 0 Å². The van der Waals surface area contributed by atoms with Crippen molar-refractivity contribution >= 4 is 29.3 Å². The van der Waals surface area contributed by atoms with Crippen LogP contribution in [0, 0.1) is 6.92 Å². The van der Waals surface area contributed by atoms with Crippen LogP contribution in [0.3, 0.4) is 0 Å². The molecule has 1 aromatic heterocycles. The van der Waals surface area contributed by atoms with E-state index in [2.05, 4.69) is 20.5 Å². The van der Waals surface area contributed by atoms with Gasteiger partial charge in [-0.25, -0.2) is 4.98 Å². The van der Waals surface area contributed by atoms with Crippen molar-refractivity contribution < 1.29 is 9.59 Å². The average Bonchev–Trinajstić information content (AvgIpc) is 3.21. The summed E-state index contributed by atoms with van der Waals surface area (Å²) in [6.45, 7) is 1.96. The van der Waals surface area contributed by atoms with Crippen molar-refractivity contribution in [2.45, 2.75) is 17.8 Å². The van der Waals surface area contributed by atoms with E-state index in [4.69, 9.17) is 0 Å². The van der Waals surface area contributed by atoms with Crippen LogP contribution in [-0.2, 0) is 10.5 Å². The molecule has 0 saturated carbocycles. The number of carbonyl (C=O) groups excluding carboxylic acids is 2. The SMILES string of the molecule is Cc1ccc(NC(=O)CN(C)C(=O)c2ccc(CSc3ncn[nH]3)cc2)cc1. The maximum Gasteiger partial charge on any atom is 0.254 e. The first kappa shape index (κ1) is 19.6. The monoisotopic (exact) mass is 395 g/mol. The molecule has 0 unspecified atom stereocenters. The van der Waals surface area contributed by atoms with Crippen molar-refractivity contribution in [2.75, 3.05) is 18.9 Å². The fourth-order valence-corrected chi connectivity index (χ4v) is 3.24. The van der Waals surface area contributed by atoms with E-state index in [1.165, 1.54) is 23.0 Å². The first-order chi connectivity index (χ1) is 13.5. The number of H-pyrrole nitrogens is 1. The van der Waals surface area contributed by atoms with Gasteiger partial charge < -0.3 is 10.2 Å². The molecule has 2 N–H and O–H groups in total. The molecule has 0 radical (unpaired) electrons. The maximum atomic E-state index is 12.6. The van der Waals surface area contributed by atoms with Crippen molar-refractivity contribution in [3.05, 3.63) is 71.5 Å². The summed E-state index contributed by atoms with van der Waals surface area (Å²) in [6.07, 6.45) is 1.47. The van der Waals surface area contributed by atoms with Gasteiger partial charge in [-0.2, -0.15) is 5.10 Å². The molecule has 28 heavy (non-hydrogen) atoms. The highest BCUT2D eigenvalue weighted by Crippen LogP contribution is 2.19. The summed E-state index contributed by atoms with van der Waals surface area (Å²) >= 11 is 1.53. The summed E-state index contributed by atoms with van der Waals surface area (Å²) in [7, 11) is 1.62. The highest BCUT2D eigenvalue weighted by atomic mass is 32.2. The molecule has 0 atom stereocenters. The number of nitrogens with one attached hydrogen (secondary N) is 2. The second kappa shape index (κ2) is 9.18. The van der Waals surface area contributed by atoms with E-state index in [1.54, 1.807) is 19.2 Å². The summed E-state index contributed by atoms with van der Waals surface area (Å²) < 4.78 is 0. The van der Waals surface area contributed by atoms with Crippen LogP contribution in [0.25, 0.3) is 0 Å². The molecule has 144 valence electrons. The minimum atomic E-state index is -0.236. The van der Waals surface area contributed by atoms with Crippen molar-refractivity contribution in [3.63, 3.8) is 0 Å². The van der Waals surface area contributed by atoms with E-state index in [1.807, 2.05) is 43.3 Å². The van der Waals surface area contributed by atoms with Crippen LogP contribution >= 0.6 is 11.8 Å². The lowest BCUT2D eigenvalue weighted by Crippen LogP contribution is -2.34. The Hall–Kier alpha value is -3.13. The molecule has 0 saturated heterocycles. The number of nitrogens with zero attached hydrogens (tertiary/aromatic N) is 3. The number of aromatic nitrogens is 3. The van der Waals surface area contributed by atoms with Gasteiger partial charge in [0.1, 0.15) is 6.33 Å². The number of hydrogen-bond donors (Lipinski definition) is 2. The van der Waals surface area contributed by atoms with Crippen LogP contribution in [0.4, 0.5) is 5.69 Å². The number of carbonyl (C=O) groups is 2. The van der Waals surface area contributed by atoms with Crippen LogP contribution < -0.4 is 5.32 Å². The Morgan fingerprint density at radius 1 is 1.11 bits per heavy atom. The van der Waals surface area contributed by atoms with E-state index in [9.17, 15) is 9.59 Å². The lowest BCUT2D eigenvalue weighted by molar-refractivity contribution is -0.116. The first-order valence-corrected chi connectivity index (χ1v) is 9.69. The Kier molecular flexibility index (Phi) is 6.44. The fourth-order valence-electron chi connectivity index (χ4n) is 2.50. The molecule has 0 aliphatic carbocycles. The Morgan fingerprint density at radius 3 is 2.46 bits per heavy atom. The molecule has 2 aromatic carbocycles. The van der Waals surface area contributed by atoms with Gasteiger partial charge >= 0.3 is 0 Å². The third-order valence-corrected chi connectivity index (χ3v) is 4.98. The molecule has 0 bridgehead atoms. The second-order valence-electron chi connectivity index (χ2n) is 6.35. The molecule has 0 fully saturated rings. The Labute approximate surface area is 167 Å². The third-order valence-electron chi connectivity index (χ3n) is 4.03. The van der Waals surface area contributed by atoms with Crippen LogP contribution in [0.2, 0.25) is 0 Å². The molecule has 0 aliphatic heterocycles. The van der Waals surface area contributed by atoms with Gasteiger partial charge in [-0.05, 0) is 36.8 Å². The maximum absolute atomic E-state index is 12.6. The first-order valence-electron chi connectivity index (χ1n) is 8.70. The quantitative estimate of drug-likeness (QED) is 0.600. The number of thioether (sulfide) groups is 1. The standard InChI is InChI=1S/C20H21N5O2S/c1-14-3-9-17(10-4-14)23-18(26)11-25(2)19(27)16-7-5-15(6-8-16)12-28-20-21-13-22-24-20/h3-10,13H,11-12H2,1-2H3,(H,23,26)(H,21,22,24). The number of rotatable bonds is 7. The predicted molar refractivity (Wildman–Crippen MR) is 109 cm³/mol. The number of aryl methyl sites for hydroxylation is 1. The fraction of sp³-hybridized carbons (Fsp3) is 0.200. The Morgan fingerprint density at radius 2 is 1.82 bits per heavy atom. The molecule has 1 heterocycles. The zero-order valence-electron chi connectivity index (χ0n) is 15.7. The van der Waals surface area contributed by atoms with E-state index in [0.29, 0.717) is 11.3 Å². The summed E-state index contributed by atoms with van der Waals surface area (Å²) in [5.74, 6) is 0.284. The zero-order valence-corrected chi connectivity index (χ0v) is 16.5. The number of aromatic amines is 1. The molecule has 0 aliphatic rings. The zero-order chi connectivity index (χ0) is 19.9. The lowest BCUT2D eigenvalue weighted by Gasteiger charge is -2.17. The van der Waals surface area contributed by atoms with Gasteiger partial charge in [0.2, 0.25) is 5.91 Å². The van der Waals surface area contributed by atoms with Gasteiger partial charge in [-0.3, -0.25) is 14.7 Å². The van der Waals surface area contributed by atoms with E-state index in [0.717, 1.165) is 22.0 Å². The van der Waals surface area contributed by atoms with Crippen molar-refractivity contribution in [3.8, 4) is 0 Å². The molecule has 7 nitrogen and oxygen atoms in total. The van der Waals surface area contributed by atoms with Gasteiger partial charge in [0, 0.05) is 24.1 Å². The third kappa shape index (κ3) is 5.43. The predicted octanol–water partition coefficient (Wildman–Crippen LogP) is 3.12. The molecular weight excluding hydrogens is 374 g/mol. The van der Waals surface area contributed by atoms with Crippen LogP contribution in [-0.4, -0.2) is 45.5 Å². The largest absolute Gasteiger partial charge is 0.332 e. The van der Waals surface area contributed by atoms with E-state index < -0.39 is 0 Å². The second-order valence-corrected chi connectivity index (χ2v) is 7.32. The molecule has 2 amide bonds. The number of anilines is 1. The van der Waals surface area contributed by atoms with Gasteiger partial charge in [0.05, 0.1) is 6.54 Å². The lowest BCUT2D eigenvalue weighted by atomic mass is 10.1. The number of amides is 2. The normalized spacial score (nSPS) is 10.5. The number of likely N-dealkylation sites (N-methyl/N-ethyl adjacent to an activating group) is 1. The summed E-state index contributed by atoms with van der Waals surface area (Å²) in [4.78, 5) is 30.2. The number of benzene rings is 2. The van der Waals surface area contributed by atoms with Gasteiger partial charge in [-0.15, -0.1) is 0 Å². The highest BCUT2D eigenvalue weighted by Gasteiger charge is 2.15. The summed E-state index contributed by atoms with van der Waals surface area (Å²) in [5.41, 5.74) is 3.44. The average molecular weight is 395 g/mol. The topological polar surface area (TPSA) is 91.0 Å². The van der Waals surface area contributed by atoms with Crippen molar-refractivity contribution in [2.24, 2.45) is 0 Å². The van der Waals surface area contributed by atoms with Gasteiger partial charge in [0.25, 0.3) is 5.91 Å². The molecule has 3 aromatic rings. The Balaban J connectivity index is 1.52. The van der Waals surface area contributed by atoms with Gasteiger partial charge in [0.15, 0.2) is 5.16 Å². The minimum Gasteiger partial charge on any atom is -0.332 e. The summed E-state index contributed by atoms with van der Waals surface area (Å²) in [5, 5.41) is 10.1. The van der Waals surface area contributed by atoms with E-state index in [-0.39, 0.29) is 18.4 Å². The van der Waals surface area contributed by atoms with Crippen molar-refractivity contribution in [1.82, 2.24) is 20.1 Å². The number of hydrogen-bond acceptors (Lipinski definition) is 5.